The van der Waals surface area contributed by atoms with Gasteiger partial charge in [-0.15, -0.1) is 5.10 Å². The van der Waals surface area contributed by atoms with Gasteiger partial charge in [0.25, 0.3) is 0 Å². The minimum Gasteiger partial charge on any atom is -0.469 e. The Morgan fingerprint density at radius 1 is 1.13 bits per heavy atom. The minimum atomic E-state index is -4.37. The fourth-order valence-electron chi connectivity index (χ4n) is 2.75. The van der Waals surface area contributed by atoms with Gasteiger partial charge in [-0.2, -0.15) is 13.2 Å². The molecule has 0 atom stereocenters. The Morgan fingerprint density at radius 3 is 2.73 bits per heavy atom. The highest BCUT2D eigenvalue weighted by Crippen LogP contribution is 2.29. The van der Waals surface area contributed by atoms with Gasteiger partial charge in [0.1, 0.15) is 5.76 Å². The lowest BCUT2D eigenvalue weighted by Crippen LogP contribution is -2.39. The molecule has 0 aliphatic heterocycles. The molecule has 0 saturated heterocycles. The van der Waals surface area contributed by atoms with Crippen LogP contribution in [-0.2, 0) is 25.7 Å². The highest BCUT2D eigenvalue weighted by atomic mass is 19.4. The molecule has 2 aromatic heterocycles. The number of aromatic nitrogens is 3. The first kappa shape index (κ1) is 21.4. The Balaban J connectivity index is 1.56. The number of hydrogen-bond acceptors (Lipinski definition) is 4. The van der Waals surface area contributed by atoms with Crippen molar-refractivity contribution in [3.05, 3.63) is 71.9 Å². The Kier molecular flexibility index (Phi) is 7.47. The predicted octanol–water partition coefficient (Wildman–Crippen LogP) is 3.26. The number of halogens is 3. The smallest absolute Gasteiger partial charge is 0.416 e. The average Bonchev–Trinajstić information content (AvgIpc) is 3.42. The van der Waals surface area contributed by atoms with E-state index in [-0.39, 0.29) is 6.54 Å². The maximum atomic E-state index is 12.9. The van der Waals surface area contributed by atoms with E-state index < -0.39 is 11.7 Å². The first-order chi connectivity index (χ1) is 14.5. The molecular weight excluding hydrogens is 397 g/mol. The zero-order valence-electron chi connectivity index (χ0n) is 16.3. The molecule has 0 fully saturated rings. The number of aliphatic imine (C=N–C) groups is 1. The van der Waals surface area contributed by atoms with Crippen LogP contribution in [0.1, 0.15) is 23.3 Å². The standard InChI is InChI=1S/C20H23F3N6O/c21-20(22,23)17-5-1-4-16(14-17)15-26-19(25-9-7-18-6-2-13-30-18)24-8-3-11-29-12-10-27-28-29/h1-2,4-6,10,12-14H,3,7-9,11,15H2,(H2,24,25,26). The molecule has 3 rings (SSSR count). The Bertz CT molecular complexity index is 907. The molecule has 7 nitrogen and oxygen atoms in total. The van der Waals surface area contributed by atoms with Crippen molar-refractivity contribution in [2.45, 2.75) is 32.1 Å². The number of nitrogens with one attached hydrogen (secondary N) is 2. The molecule has 160 valence electrons. The molecule has 3 aromatic rings. The summed E-state index contributed by atoms with van der Waals surface area (Å²) in [7, 11) is 0. The van der Waals surface area contributed by atoms with E-state index in [1.807, 2.05) is 12.1 Å². The van der Waals surface area contributed by atoms with Crippen molar-refractivity contribution in [3.63, 3.8) is 0 Å². The zero-order chi connectivity index (χ0) is 21.2. The lowest BCUT2D eigenvalue weighted by molar-refractivity contribution is -0.137. The summed E-state index contributed by atoms with van der Waals surface area (Å²) in [4.78, 5) is 4.43. The van der Waals surface area contributed by atoms with E-state index in [0.717, 1.165) is 24.3 Å². The van der Waals surface area contributed by atoms with E-state index in [1.54, 1.807) is 29.4 Å². The highest BCUT2D eigenvalue weighted by Gasteiger charge is 2.30. The summed E-state index contributed by atoms with van der Waals surface area (Å²) in [6, 6.07) is 8.90. The number of alkyl halides is 3. The van der Waals surface area contributed by atoms with E-state index in [2.05, 4.69) is 25.9 Å². The van der Waals surface area contributed by atoms with Crippen LogP contribution in [-0.4, -0.2) is 34.0 Å². The Morgan fingerprint density at radius 2 is 2.00 bits per heavy atom. The van der Waals surface area contributed by atoms with Gasteiger partial charge in [0.05, 0.1) is 24.6 Å². The van der Waals surface area contributed by atoms with Crippen molar-refractivity contribution in [2.24, 2.45) is 4.99 Å². The number of hydrogen-bond donors (Lipinski definition) is 2. The van der Waals surface area contributed by atoms with Crippen molar-refractivity contribution in [1.29, 1.82) is 0 Å². The summed E-state index contributed by atoms with van der Waals surface area (Å²) in [5, 5.41) is 14.1. The van der Waals surface area contributed by atoms with Gasteiger partial charge in [-0.05, 0) is 36.2 Å². The minimum absolute atomic E-state index is 0.128. The van der Waals surface area contributed by atoms with Gasteiger partial charge in [0, 0.05) is 32.3 Å². The fraction of sp³-hybridized carbons (Fsp3) is 0.350. The molecule has 30 heavy (non-hydrogen) atoms. The molecule has 0 spiro atoms. The molecule has 0 aliphatic rings. The summed E-state index contributed by atoms with van der Waals surface area (Å²) in [6.45, 7) is 2.02. The molecule has 10 heteroatoms. The van der Waals surface area contributed by atoms with Crippen LogP contribution in [0.4, 0.5) is 13.2 Å². The predicted molar refractivity (Wildman–Crippen MR) is 106 cm³/mol. The van der Waals surface area contributed by atoms with Crippen LogP contribution in [0.15, 0.2) is 64.5 Å². The van der Waals surface area contributed by atoms with Crippen LogP contribution < -0.4 is 10.6 Å². The van der Waals surface area contributed by atoms with Crippen molar-refractivity contribution in [3.8, 4) is 0 Å². The third kappa shape index (κ3) is 6.94. The normalized spacial score (nSPS) is 12.2. The molecule has 2 N–H and O–H groups in total. The molecule has 0 amide bonds. The van der Waals surface area contributed by atoms with E-state index in [1.165, 1.54) is 6.07 Å². The lowest BCUT2D eigenvalue weighted by Gasteiger charge is -2.13. The van der Waals surface area contributed by atoms with Crippen LogP contribution in [0, 0.1) is 0 Å². The number of benzene rings is 1. The van der Waals surface area contributed by atoms with Gasteiger partial charge in [0.15, 0.2) is 5.96 Å². The van der Waals surface area contributed by atoms with Crippen molar-refractivity contribution < 1.29 is 17.6 Å². The molecule has 2 heterocycles. The topological polar surface area (TPSA) is 80.3 Å². The number of guanidine groups is 1. The summed E-state index contributed by atoms with van der Waals surface area (Å²) in [5.74, 6) is 1.36. The fourth-order valence-corrected chi connectivity index (χ4v) is 2.75. The van der Waals surface area contributed by atoms with Crippen molar-refractivity contribution in [2.75, 3.05) is 13.1 Å². The maximum absolute atomic E-state index is 12.9. The lowest BCUT2D eigenvalue weighted by atomic mass is 10.1. The van der Waals surface area contributed by atoms with E-state index >= 15 is 0 Å². The van der Waals surface area contributed by atoms with Gasteiger partial charge in [-0.25, -0.2) is 4.99 Å². The van der Waals surface area contributed by atoms with Gasteiger partial charge < -0.3 is 15.1 Å². The molecule has 1 aromatic carbocycles. The monoisotopic (exact) mass is 420 g/mol. The van der Waals surface area contributed by atoms with Crippen LogP contribution >= 0.6 is 0 Å². The molecule has 0 bridgehead atoms. The third-order valence-electron chi connectivity index (χ3n) is 4.25. The third-order valence-corrected chi connectivity index (χ3v) is 4.25. The second-order valence-electron chi connectivity index (χ2n) is 6.57. The van der Waals surface area contributed by atoms with Gasteiger partial charge in [0.2, 0.25) is 0 Å². The molecule has 0 radical (unpaired) electrons. The van der Waals surface area contributed by atoms with Gasteiger partial charge >= 0.3 is 6.18 Å². The Labute approximate surface area is 172 Å². The van der Waals surface area contributed by atoms with Gasteiger partial charge in [-0.3, -0.25) is 4.68 Å². The van der Waals surface area contributed by atoms with Crippen LogP contribution in [0.2, 0.25) is 0 Å². The Hall–Kier alpha value is -3.30. The first-order valence-electron chi connectivity index (χ1n) is 9.55. The summed E-state index contributed by atoms with van der Waals surface area (Å²) in [5.41, 5.74) is -0.192. The number of furan rings is 1. The number of aryl methyl sites for hydroxylation is 1. The van der Waals surface area contributed by atoms with Crippen molar-refractivity contribution >= 4 is 5.96 Å². The van der Waals surface area contributed by atoms with E-state index in [0.29, 0.717) is 37.6 Å². The highest BCUT2D eigenvalue weighted by molar-refractivity contribution is 5.79. The maximum Gasteiger partial charge on any atom is 0.416 e. The summed E-state index contributed by atoms with van der Waals surface area (Å²) >= 11 is 0. The summed E-state index contributed by atoms with van der Waals surface area (Å²) < 4.78 is 45.8. The SMILES string of the molecule is FC(F)(F)c1cccc(CN=C(NCCCn2ccnn2)NCCc2ccco2)c1. The second-order valence-corrected chi connectivity index (χ2v) is 6.57. The molecule has 0 saturated carbocycles. The molecule has 0 aliphatic carbocycles. The zero-order valence-corrected chi connectivity index (χ0v) is 16.3. The summed E-state index contributed by atoms with van der Waals surface area (Å²) in [6.07, 6.45) is 2.08. The largest absolute Gasteiger partial charge is 0.469 e. The first-order valence-corrected chi connectivity index (χ1v) is 9.55. The van der Waals surface area contributed by atoms with Crippen LogP contribution in [0.3, 0.4) is 0 Å². The molecule has 0 unspecified atom stereocenters. The number of rotatable bonds is 9. The second kappa shape index (κ2) is 10.5. The molecular formula is C20H23F3N6O. The van der Waals surface area contributed by atoms with Crippen LogP contribution in [0.25, 0.3) is 0 Å². The van der Waals surface area contributed by atoms with E-state index in [4.69, 9.17) is 4.42 Å². The average molecular weight is 420 g/mol. The van der Waals surface area contributed by atoms with Crippen LogP contribution in [0.5, 0.6) is 0 Å². The quantitative estimate of drug-likeness (QED) is 0.316. The van der Waals surface area contributed by atoms with Crippen molar-refractivity contribution in [1.82, 2.24) is 25.6 Å². The van der Waals surface area contributed by atoms with E-state index in [9.17, 15) is 13.2 Å². The number of nitrogens with zero attached hydrogens (tertiary/aromatic N) is 4. The van der Waals surface area contributed by atoms with Gasteiger partial charge in [-0.1, -0.05) is 17.3 Å².